The highest BCUT2D eigenvalue weighted by Crippen LogP contribution is 2.18. The Bertz CT molecular complexity index is 677. The van der Waals surface area contributed by atoms with Gasteiger partial charge in [0.05, 0.1) is 5.52 Å². The maximum atomic E-state index is 4.51. The molecule has 1 N–H and O–H groups in total. The lowest BCUT2D eigenvalue weighted by Crippen LogP contribution is -1.94. The molecular weight excluding hydrogens is 224 g/mol. The third kappa shape index (κ3) is 1.88. The average molecular weight is 236 g/mol. The van der Waals surface area contributed by atoms with Crippen LogP contribution in [-0.2, 0) is 0 Å². The van der Waals surface area contributed by atoms with Gasteiger partial charge in [-0.15, -0.1) is 10.2 Å². The summed E-state index contributed by atoms with van der Waals surface area (Å²) in [6, 6.07) is 15.7. The standard InChI is InChI=1S/C14H12N4/c1-15-11-8-6-10(7-9-11)14-16-12-4-2-3-5-13(12)17-18-14/h2-9,15H,1H3. The molecule has 0 aliphatic carbocycles. The summed E-state index contributed by atoms with van der Waals surface area (Å²) in [6.07, 6.45) is 0. The van der Waals surface area contributed by atoms with Crippen LogP contribution < -0.4 is 5.32 Å². The van der Waals surface area contributed by atoms with Crippen molar-refractivity contribution in [2.75, 3.05) is 12.4 Å². The van der Waals surface area contributed by atoms with Gasteiger partial charge in [0.1, 0.15) is 5.52 Å². The van der Waals surface area contributed by atoms with Gasteiger partial charge < -0.3 is 5.32 Å². The van der Waals surface area contributed by atoms with Gasteiger partial charge in [0.2, 0.25) is 0 Å². The summed E-state index contributed by atoms with van der Waals surface area (Å²) in [6.45, 7) is 0. The second-order valence-electron chi connectivity index (χ2n) is 3.95. The Labute approximate surface area is 105 Å². The van der Waals surface area contributed by atoms with E-state index < -0.39 is 0 Å². The first-order chi connectivity index (χ1) is 8.86. The number of aromatic nitrogens is 3. The highest BCUT2D eigenvalue weighted by molar-refractivity contribution is 5.75. The van der Waals surface area contributed by atoms with Crippen molar-refractivity contribution >= 4 is 16.7 Å². The highest BCUT2D eigenvalue weighted by atomic mass is 15.1. The molecule has 0 fully saturated rings. The predicted octanol–water partition coefficient (Wildman–Crippen LogP) is 2.73. The Kier molecular flexibility index (Phi) is 2.61. The van der Waals surface area contributed by atoms with Crippen molar-refractivity contribution in [1.29, 1.82) is 0 Å². The molecule has 4 heteroatoms. The molecule has 18 heavy (non-hydrogen) atoms. The summed E-state index contributed by atoms with van der Waals surface area (Å²) in [7, 11) is 1.89. The average Bonchev–Trinajstić information content (AvgIpc) is 2.47. The molecular formula is C14H12N4. The van der Waals surface area contributed by atoms with Gasteiger partial charge in [-0.05, 0) is 36.4 Å². The van der Waals surface area contributed by atoms with Crippen molar-refractivity contribution in [2.45, 2.75) is 0 Å². The first-order valence-electron chi connectivity index (χ1n) is 5.74. The van der Waals surface area contributed by atoms with Gasteiger partial charge in [-0.1, -0.05) is 12.1 Å². The summed E-state index contributed by atoms with van der Waals surface area (Å²) in [4.78, 5) is 4.51. The fourth-order valence-electron chi connectivity index (χ4n) is 1.79. The summed E-state index contributed by atoms with van der Waals surface area (Å²) < 4.78 is 0. The Balaban J connectivity index is 2.07. The zero-order valence-corrected chi connectivity index (χ0v) is 9.96. The van der Waals surface area contributed by atoms with Gasteiger partial charge >= 0.3 is 0 Å². The van der Waals surface area contributed by atoms with Gasteiger partial charge in [-0.25, -0.2) is 4.98 Å². The largest absolute Gasteiger partial charge is 0.388 e. The number of para-hydroxylation sites is 1. The molecule has 88 valence electrons. The Morgan fingerprint density at radius 3 is 2.28 bits per heavy atom. The van der Waals surface area contributed by atoms with Crippen molar-refractivity contribution in [3.05, 3.63) is 48.5 Å². The van der Waals surface area contributed by atoms with Crippen LogP contribution in [0.3, 0.4) is 0 Å². The van der Waals surface area contributed by atoms with E-state index in [-0.39, 0.29) is 0 Å². The molecule has 0 radical (unpaired) electrons. The van der Waals surface area contributed by atoms with Crippen LogP contribution in [0.25, 0.3) is 22.4 Å². The first-order valence-corrected chi connectivity index (χ1v) is 5.74. The summed E-state index contributed by atoms with van der Waals surface area (Å²) >= 11 is 0. The van der Waals surface area contributed by atoms with Crippen molar-refractivity contribution < 1.29 is 0 Å². The Morgan fingerprint density at radius 1 is 0.833 bits per heavy atom. The number of anilines is 1. The summed E-state index contributed by atoms with van der Waals surface area (Å²) in [5.41, 5.74) is 3.70. The number of hydrogen-bond donors (Lipinski definition) is 1. The lowest BCUT2D eigenvalue weighted by molar-refractivity contribution is 1.03. The normalized spacial score (nSPS) is 10.5. The van der Waals surface area contributed by atoms with Gasteiger partial charge in [0.25, 0.3) is 0 Å². The zero-order valence-electron chi connectivity index (χ0n) is 9.96. The third-order valence-corrected chi connectivity index (χ3v) is 2.79. The number of benzene rings is 2. The summed E-state index contributed by atoms with van der Waals surface area (Å²) in [5.74, 6) is 0.649. The van der Waals surface area contributed by atoms with Gasteiger partial charge in [0.15, 0.2) is 5.82 Å². The van der Waals surface area contributed by atoms with Crippen molar-refractivity contribution in [3.8, 4) is 11.4 Å². The molecule has 0 amide bonds. The lowest BCUT2D eigenvalue weighted by atomic mass is 10.2. The SMILES string of the molecule is CNc1ccc(-c2nnc3ccccc3n2)cc1. The van der Waals surface area contributed by atoms with Crippen LogP contribution in [0.4, 0.5) is 5.69 Å². The van der Waals surface area contributed by atoms with Crippen LogP contribution in [0.1, 0.15) is 0 Å². The van der Waals surface area contributed by atoms with Crippen molar-refractivity contribution in [3.63, 3.8) is 0 Å². The van der Waals surface area contributed by atoms with E-state index in [1.165, 1.54) is 0 Å². The molecule has 0 saturated carbocycles. The van der Waals surface area contributed by atoms with Gasteiger partial charge in [-0.2, -0.15) is 0 Å². The van der Waals surface area contributed by atoms with Crippen LogP contribution >= 0.6 is 0 Å². The molecule has 3 aromatic rings. The topological polar surface area (TPSA) is 50.7 Å². The minimum absolute atomic E-state index is 0.649. The number of nitrogens with one attached hydrogen (secondary N) is 1. The number of nitrogens with zero attached hydrogens (tertiary/aromatic N) is 3. The number of fused-ring (bicyclic) bond motifs is 1. The molecule has 0 unspecified atom stereocenters. The minimum Gasteiger partial charge on any atom is -0.388 e. The molecule has 4 nitrogen and oxygen atoms in total. The van der Waals surface area contributed by atoms with E-state index in [0.29, 0.717) is 5.82 Å². The second kappa shape index (κ2) is 4.41. The number of hydrogen-bond acceptors (Lipinski definition) is 4. The first kappa shape index (κ1) is 10.7. The molecule has 0 atom stereocenters. The van der Waals surface area contributed by atoms with E-state index in [9.17, 15) is 0 Å². The van der Waals surface area contributed by atoms with Crippen molar-refractivity contribution in [1.82, 2.24) is 15.2 Å². The van der Waals surface area contributed by atoms with E-state index in [1.54, 1.807) is 0 Å². The van der Waals surface area contributed by atoms with Gasteiger partial charge in [0, 0.05) is 18.3 Å². The van der Waals surface area contributed by atoms with E-state index in [2.05, 4.69) is 20.5 Å². The monoisotopic (exact) mass is 236 g/mol. The van der Waals surface area contributed by atoms with Crippen LogP contribution in [0.5, 0.6) is 0 Å². The van der Waals surface area contributed by atoms with Crippen molar-refractivity contribution in [2.24, 2.45) is 0 Å². The smallest absolute Gasteiger partial charge is 0.182 e. The van der Waals surface area contributed by atoms with E-state index >= 15 is 0 Å². The molecule has 2 aromatic carbocycles. The Morgan fingerprint density at radius 2 is 1.56 bits per heavy atom. The van der Waals surface area contributed by atoms with E-state index in [4.69, 9.17) is 0 Å². The van der Waals surface area contributed by atoms with Crippen LogP contribution in [0.2, 0.25) is 0 Å². The van der Waals surface area contributed by atoms with Crippen LogP contribution in [0.15, 0.2) is 48.5 Å². The van der Waals surface area contributed by atoms with Crippen LogP contribution in [-0.4, -0.2) is 22.2 Å². The zero-order chi connectivity index (χ0) is 12.4. The molecule has 3 rings (SSSR count). The molecule has 1 aromatic heterocycles. The fourth-order valence-corrected chi connectivity index (χ4v) is 1.79. The van der Waals surface area contributed by atoms with E-state index in [0.717, 1.165) is 22.3 Å². The predicted molar refractivity (Wildman–Crippen MR) is 72.3 cm³/mol. The lowest BCUT2D eigenvalue weighted by Gasteiger charge is -2.03. The minimum atomic E-state index is 0.649. The molecule has 0 spiro atoms. The van der Waals surface area contributed by atoms with Crippen LogP contribution in [0, 0.1) is 0 Å². The maximum Gasteiger partial charge on any atom is 0.182 e. The van der Waals surface area contributed by atoms with Gasteiger partial charge in [-0.3, -0.25) is 0 Å². The third-order valence-electron chi connectivity index (χ3n) is 2.79. The highest BCUT2D eigenvalue weighted by Gasteiger charge is 2.03. The molecule has 0 aliphatic heterocycles. The molecule has 0 bridgehead atoms. The maximum absolute atomic E-state index is 4.51. The quantitative estimate of drug-likeness (QED) is 0.743. The second-order valence-corrected chi connectivity index (χ2v) is 3.95. The molecule has 0 saturated heterocycles. The summed E-state index contributed by atoms with van der Waals surface area (Å²) in [5, 5.41) is 11.4. The molecule has 0 aliphatic rings. The van der Waals surface area contributed by atoms with E-state index in [1.807, 2.05) is 55.6 Å². The Hall–Kier alpha value is -2.49. The molecule has 1 heterocycles. The fraction of sp³-hybridized carbons (Fsp3) is 0.0714. The number of rotatable bonds is 2.